The minimum atomic E-state index is -0.0706. The van der Waals surface area contributed by atoms with E-state index >= 15 is 0 Å². The molecule has 7 nitrogen and oxygen atoms in total. The van der Waals surface area contributed by atoms with E-state index in [1.54, 1.807) is 14.0 Å². The van der Waals surface area contributed by atoms with Crippen LogP contribution in [0.25, 0.3) is 0 Å². The van der Waals surface area contributed by atoms with Crippen molar-refractivity contribution in [2.24, 2.45) is 5.92 Å². The molecule has 0 aromatic carbocycles. The highest BCUT2D eigenvalue weighted by atomic mass is 16.5. The van der Waals surface area contributed by atoms with Crippen molar-refractivity contribution in [2.45, 2.75) is 38.6 Å². The lowest BCUT2D eigenvalue weighted by Crippen LogP contribution is -2.53. The Kier molecular flexibility index (Phi) is 5.18. The van der Waals surface area contributed by atoms with Crippen LogP contribution in [-0.4, -0.2) is 66.0 Å². The standard InChI is InChI=1S/C17H25N3O4/c1-12-16(18-11-24-12)17(22)19-7-6-14-13(10-19)4-3-5-15(21)20(14)8-9-23-2/h11,13-14H,3-10H2,1-2H3/t13-,14+/m0/s1. The molecule has 132 valence electrons. The van der Waals surface area contributed by atoms with Crippen LogP contribution in [-0.2, 0) is 9.53 Å². The van der Waals surface area contributed by atoms with E-state index in [2.05, 4.69) is 4.98 Å². The zero-order valence-electron chi connectivity index (χ0n) is 14.4. The summed E-state index contributed by atoms with van der Waals surface area (Å²) in [6, 6.07) is 0.206. The Labute approximate surface area is 141 Å². The molecule has 0 saturated carbocycles. The molecule has 0 N–H and O–H groups in total. The van der Waals surface area contributed by atoms with Gasteiger partial charge in [0.15, 0.2) is 12.1 Å². The normalized spacial score (nSPS) is 24.7. The zero-order valence-corrected chi connectivity index (χ0v) is 14.4. The lowest BCUT2D eigenvalue weighted by Gasteiger charge is -2.42. The van der Waals surface area contributed by atoms with Crippen LogP contribution < -0.4 is 0 Å². The molecular weight excluding hydrogens is 310 g/mol. The quantitative estimate of drug-likeness (QED) is 0.833. The number of piperidine rings is 1. The summed E-state index contributed by atoms with van der Waals surface area (Å²) in [6.45, 7) is 4.25. The first-order valence-electron chi connectivity index (χ1n) is 8.59. The van der Waals surface area contributed by atoms with E-state index in [9.17, 15) is 9.59 Å². The fraction of sp³-hybridized carbons (Fsp3) is 0.706. The summed E-state index contributed by atoms with van der Waals surface area (Å²) < 4.78 is 10.3. The van der Waals surface area contributed by atoms with Gasteiger partial charge in [0.05, 0.1) is 6.61 Å². The lowest BCUT2D eigenvalue weighted by molar-refractivity contribution is -0.135. The maximum atomic E-state index is 12.7. The second-order valence-electron chi connectivity index (χ2n) is 6.60. The van der Waals surface area contributed by atoms with Crippen LogP contribution in [0, 0.1) is 12.8 Å². The largest absolute Gasteiger partial charge is 0.448 e. The molecule has 7 heteroatoms. The summed E-state index contributed by atoms with van der Waals surface area (Å²) in [5.74, 6) is 1.02. The van der Waals surface area contributed by atoms with Gasteiger partial charge in [0.2, 0.25) is 5.91 Å². The molecule has 3 heterocycles. The maximum Gasteiger partial charge on any atom is 0.276 e. The molecule has 2 saturated heterocycles. The molecule has 1 aromatic rings. The monoisotopic (exact) mass is 335 g/mol. The van der Waals surface area contributed by atoms with Crippen LogP contribution in [0.4, 0.5) is 0 Å². The summed E-state index contributed by atoms with van der Waals surface area (Å²) in [6.07, 6.45) is 4.57. The van der Waals surface area contributed by atoms with E-state index in [1.165, 1.54) is 6.39 Å². The highest BCUT2D eigenvalue weighted by Gasteiger charge is 2.39. The predicted octanol–water partition coefficient (Wildman–Crippen LogP) is 1.47. The van der Waals surface area contributed by atoms with E-state index < -0.39 is 0 Å². The van der Waals surface area contributed by atoms with Crippen LogP contribution in [0.2, 0.25) is 0 Å². The first-order chi connectivity index (χ1) is 11.6. The Bertz CT molecular complexity index is 600. The fourth-order valence-electron chi connectivity index (χ4n) is 3.88. The SMILES string of the molecule is COCCN1C(=O)CCC[C@H]2CN(C(=O)c3ncoc3C)CC[C@H]21. The molecule has 0 aliphatic carbocycles. The Hall–Kier alpha value is -1.89. The first kappa shape index (κ1) is 17.0. The van der Waals surface area contributed by atoms with Crippen molar-refractivity contribution in [1.29, 1.82) is 0 Å². The number of rotatable bonds is 4. The smallest absolute Gasteiger partial charge is 0.276 e. The van der Waals surface area contributed by atoms with Crippen molar-refractivity contribution in [3.63, 3.8) is 0 Å². The fourth-order valence-corrected chi connectivity index (χ4v) is 3.88. The van der Waals surface area contributed by atoms with Crippen molar-refractivity contribution in [2.75, 3.05) is 33.4 Å². The van der Waals surface area contributed by atoms with Gasteiger partial charge in [-0.25, -0.2) is 4.98 Å². The molecule has 2 aliphatic heterocycles. The second kappa shape index (κ2) is 7.34. The van der Waals surface area contributed by atoms with Crippen molar-refractivity contribution < 1.29 is 18.7 Å². The third kappa shape index (κ3) is 3.31. The van der Waals surface area contributed by atoms with E-state index in [1.807, 2.05) is 9.80 Å². The number of fused-ring (bicyclic) bond motifs is 1. The number of likely N-dealkylation sites (tertiary alicyclic amines) is 2. The van der Waals surface area contributed by atoms with Crippen LogP contribution in [0.5, 0.6) is 0 Å². The Morgan fingerprint density at radius 1 is 1.46 bits per heavy atom. The molecule has 2 aliphatic rings. The Balaban J connectivity index is 1.72. The van der Waals surface area contributed by atoms with Crippen molar-refractivity contribution in [1.82, 2.24) is 14.8 Å². The molecule has 0 spiro atoms. The molecule has 2 fully saturated rings. The third-order valence-corrected chi connectivity index (χ3v) is 5.15. The number of nitrogens with zero attached hydrogens (tertiary/aromatic N) is 3. The van der Waals surface area contributed by atoms with E-state index in [0.29, 0.717) is 50.0 Å². The number of hydrogen-bond acceptors (Lipinski definition) is 5. The van der Waals surface area contributed by atoms with Gasteiger partial charge in [0.1, 0.15) is 5.76 Å². The van der Waals surface area contributed by atoms with Crippen LogP contribution in [0.3, 0.4) is 0 Å². The van der Waals surface area contributed by atoms with E-state index in [4.69, 9.17) is 9.15 Å². The minimum Gasteiger partial charge on any atom is -0.448 e. The topological polar surface area (TPSA) is 75.9 Å². The number of oxazole rings is 1. The number of aromatic nitrogens is 1. The zero-order chi connectivity index (χ0) is 17.1. The molecule has 3 rings (SSSR count). The summed E-state index contributed by atoms with van der Waals surface area (Å²) >= 11 is 0. The molecule has 0 bridgehead atoms. The van der Waals surface area contributed by atoms with Gasteiger partial charge in [-0.15, -0.1) is 0 Å². The maximum absolute atomic E-state index is 12.7. The predicted molar refractivity (Wildman–Crippen MR) is 86.5 cm³/mol. The van der Waals surface area contributed by atoms with Crippen molar-refractivity contribution >= 4 is 11.8 Å². The van der Waals surface area contributed by atoms with Crippen molar-refractivity contribution in [3.8, 4) is 0 Å². The molecule has 0 radical (unpaired) electrons. The molecule has 24 heavy (non-hydrogen) atoms. The van der Waals surface area contributed by atoms with Gasteiger partial charge >= 0.3 is 0 Å². The van der Waals surface area contributed by atoms with Crippen molar-refractivity contribution in [3.05, 3.63) is 17.8 Å². The first-order valence-corrected chi connectivity index (χ1v) is 8.59. The number of methoxy groups -OCH3 is 1. The average Bonchev–Trinajstić information content (AvgIpc) is 2.94. The van der Waals surface area contributed by atoms with Gasteiger partial charge in [0, 0.05) is 39.2 Å². The molecule has 2 atom stereocenters. The summed E-state index contributed by atoms with van der Waals surface area (Å²) in [5.41, 5.74) is 0.398. The van der Waals surface area contributed by atoms with E-state index in [0.717, 1.165) is 19.3 Å². The number of hydrogen-bond donors (Lipinski definition) is 0. The van der Waals surface area contributed by atoms with Crippen LogP contribution in [0.1, 0.15) is 41.9 Å². The highest BCUT2D eigenvalue weighted by molar-refractivity contribution is 5.93. The molecular formula is C17H25N3O4. The van der Waals surface area contributed by atoms with Gasteiger partial charge in [0.25, 0.3) is 5.91 Å². The molecule has 1 aromatic heterocycles. The third-order valence-electron chi connectivity index (χ3n) is 5.15. The number of amides is 2. The summed E-state index contributed by atoms with van der Waals surface area (Å²) in [4.78, 5) is 32.9. The average molecular weight is 335 g/mol. The van der Waals surface area contributed by atoms with E-state index in [-0.39, 0.29) is 17.9 Å². The summed E-state index contributed by atoms with van der Waals surface area (Å²) in [7, 11) is 1.65. The van der Waals surface area contributed by atoms with Gasteiger partial charge in [-0.1, -0.05) is 0 Å². The number of ether oxygens (including phenoxy) is 1. The minimum absolute atomic E-state index is 0.0706. The highest BCUT2D eigenvalue weighted by Crippen LogP contribution is 2.31. The van der Waals surface area contributed by atoms with Gasteiger partial charge < -0.3 is 19.0 Å². The van der Waals surface area contributed by atoms with Crippen LogP contribution >= 0.6 is 0 Å². The van der Waals surface area contributed by atoms with Gasteiger partial charge in [-0.3, -0.25) is 9.59 Å². The second-order valence-corrected chi connectivity index (χ2v) is 6.60. The number of carbonyl (C=O) groups is 2. The Morgan fingerprint density at radius 3 is 3.00 bits per heavy atom. The number of aryl methyl sites for hydroxylation is 1. The molecule has 2 amide bonds. The molecule has 0 unspecified atom stereocenters. The lowest BCUT2D eigenvalue weighted by atomic mass is 9.88. The van der Waals surface area contributed by atoms with Gasteiger partial charge in [-0.2, -0.15) is 0 Å². The van der Waals surface area contributed by atoms with Gasteiger partial charge in [-0.05, 0) is 32.1 Å². The Morgan fingerprint density at radius 2 is 2.29 bits per heavy atom. The summed E-state index contributed by atoms with van der Waals surface area (Å²) in [5, 5.41) is 0. The number of carbonyl (C=O) groups excluding carboxylic acids is 2. The van der Waals surface area contributed by atoms with Crippen LogP contribution in [0.15, 0.2) is 10.8 Å².